The lowest BCUT2D eigenvalue weighted by Crippen LogP contribution is -2.48. The maximum atomic E-state index is 12.6. The largest absolute Gasteiger partial charge is 0.493 e. The summed E-state index contributed by atoms with van der Waals surface area (Å²) in [6.07, 6.45) is 6.50. The number of nitrogens with one attached hydrogen (secondary N) is 1. The standard InChI is InChI=1S/C19H28N2O3/c1-23-17-10-4-9-16(18(17)24-2)19(22)20-12-14-6-5-11-21(13-14)15-7-3-8-15/h4,9-10,14-15H,3,5-8,11-13H2,1-2H3,(H,20,22). The molecule has 0 bridgehead atoms. The Morgan fingerprint density at radius 2 is 2.04 bits per heavy atom. The third-order valence-electron chi connectivity index (χ3n) is 5.34. The van der Waals surface area contributed by atoms with Crippen LogP contribution in [0.5, 0.6) is 11.5 Å². The van der Waals surface area contributed by atoms with Crippen molar-refractivity contribution in [2.24, 2.45) is 5.92 Å². The van der Waals surface area contributed by atoms with Gasteiger partial charge in [0.2, 0.25) is 0 Å². The van der Waals surface area contributed by atoms with Crippen molar-refractivity contribution in [3.05, 3.63) is 23.8 Å². The van der Waals surface area contributed by atoms with E-state index < -0.39 is 0 Å². The van der Waals surface area contributed by atoms with E-state index >= 15 is 0 Å². The molecular weight excluding hydrogens is 304 g/mol. The Morgan fingerprint density at radius 3 is 2.71 bits per heavy atom. The summed E-state index contributed by atoms with van der Waals surface area (Å²) in [5, 5.41) is 3.09. The number of hydrogen-bond donors (Lipinski definition) is 1. The molecule has 0 radical (unpaired) electrons. The van der Waals surface area contributed by atoms with Crippen LogP contribution >= 0.6 is 0 Å². The Kier molecular flexibility index (Phi) is 5.61. The number of para-hydroxylation sites is 1. The number of benzene rings is 1. The second-order valence-electron chi connectivity index (χ2n) is 6.84. The third kappa shape index (κ3) is 3.66. The van der Waals surface area contributed by atoms with E-state index in [1.807, 2.05) is 6.07 Å². The Labute approximate surface area is 144 Å². The summed E-state index contributed by atoms with van der Waals surface area (Å²) in [5.74, 6) is 1.53. The molecule has 1 amide bonds. The number of hydrogen-bond acceptors (Lipinski definition) is 4. The molecule has 24 heavy (non-hydrogen) atoms. The van der Waals surface area contributed by atoms with Crippen molar-refractivity contribution in [2.45, 2.75) is 38.1 Å². The molecule has 2 aliphatic rings. The highest BCUT2D eigenvalue weighted by atomic mass is 16.5. The molecule has 2 fully saturated rings. The van der Waals surface area contributed by atoms with Crippen LogP contribution in [0.2, 0.25) is 0 Å². The zero-order chi connectivity index (χ0) is 16.9. The quantitative estimate of drug-likeness (QED) is 0.870. The molecule has 1 atom stereocenters. The predicted molar refractivity (Wildman–Crippen MR) is 93.8 cm³/mol. The Balaban J connectivity index is 1.57. The fourth-order valence-corrected chi connectivity index (χ4v) is 3.75. The van der Waals surface area contributed by atoms with Crippen LogP contribution in [0.25, 0.3) is 0 Å². The number of amides is 1. The second-order valence-corrected chi connectivity index (χ2v) is 6.84. The number of piperidine rings is 1. The lowest BCUT2D eigenvalue weighted by Gasteiger charge is -2.42. The van der Waals surface area contributed by atoms with Crippen molar-refractivity contribution < 1.29 is 14.3 Å². The topological polar surface area (TPSA) is 50.8 Å². The van der Waals surface area contributed by atoms with Gasteiger partial charge in [0.25, 0.3) is 5.91 Å². The van der Waals surface area contributed by atoms with Crippen molar-refractivity contribution in [3.8, 4) is 11.5 Å². The molecule has 1 aliphatic heterocycles. The van der Waals surface area contributed by atoms with E-state index in [1.54, 1.807) is 26.4 Å². The number of methoxy groups -OCH3 is 2. The van der Waals surface area contributed by atoms with Crippen molar-refractivity contribution in [1.82, 2.24) is 10.2 Å². The van der Waals surface area contributed by atoms with E-state index in [-0.39, 0.29) is 5.91 Å². The number of rotatable bonds is 6. The maximum absolute atomic E-state index is 12.6. The van der Waals surface area contributed by atoms with E-state index in [0.29, 0.717) is 23.0 Å². The summed E-state index contributed by atoms with van der Waals surface area (Å²) in [5.41, 5.74) is 0.531. The smallest absolute Gasteiger partial charge is 0.255 e. The van der Waals surface area contributed by atoms with E-state index in [0.717, 1.165) is 19.1 Å². The highest BCUT2D eigenvalue weighted by molar-refractivity contribution is 5.97. The lowest BCUT2D eigenvalue weighted by atomic mass is 9.88. The zero-order valence-electron chi connectivity index (χ0n) is 14.7. The van der Waals surface area contributed by atoms with Gasteiger partial charge < -0.3 is 19.7 Å². The van der Waals surface area contributed by atoms with Gasteiger partial charge in [0.05, 0.1) is 19.8 Å². The van der Waals surface area contributed by atoms with E-state index in [2.05, 4.69) is 10.2 Å². The summed E-state index contributed by atoms with van der Waals surface area (Å²) in [6, 6.07) is 6.18. The fourth-order valence-electron chi connectivity index (χ4n) is 3.75. The lowest BCUT2D eigenvalue weighted by molar-refractivity contribution is 0.0736. The minimum absolute atomic E-state index is 0.0912. The molecule has 5 nitrogen and oxygen atoms in total. The average molecular weight is 332 g/mol. The van der Waals surface area contributed by atoms with Gasteiger partial charge in [-0.2, -0.15) is 0 Å². The molecule has 3 rings (SSSR count). The highest BCUT2D eigenvalue weighted by Crippen LogP contribution is 2.31. The summed E-state index contributed by atoms with van der Waals surface area (Å²) in [6.45, 7) is 3.06. The highest BCUT2D eigenvalue weighted by Gasteiger charge is 2.29. The van der Waals surface area contributed by atoms with E-state index in [4.69, 9.17) is 9.47 Å². The van der Waals surface area contributed by atoms with Crippen LogP contribution < -0.4 is 14.8 Å². The normalized spacial score (nSPS) is 21.8. The van der Waals surface area contributed by atoms with Crippen molar-refractivity contribution in [2.75, 3.05) is 33.9 Å². The molecule has 1 saturated carbocycles. The molecule has 0 aromatic heterocycles. The minimum Gasteiger partial charge on any atom is -0.493 e. The summed E-state index contributed by atoms with van der Waals surface area (Å²) >= 11 is 0. The molecule has 5 heteroatoms. The van der Waals surface area contributed by atoms with Crippen LogP contribution in [-0.4, -0.2) is 50.7 Å². The van der Waals surface area contributed by atoms with Crippen LogP contribution in [0.3, 0.4) is 0 Å². The van der Waals surface area contributed by atoms with Crippen molar-refractivity contribution in [3.63, 3.8) is 0 Å². The Hall–Kier alpha value is -1.75. The second kappa shape index (κ2) is 7.88. The summed E-state index contributed by atoms with van der Waals surface area (Å²) in [7, 11) is 3.14. The van der Waals surface area contributed by atoms with Crippen LogP contribution in [0.4, 0.5) is 0 Å². The molecule has 1 heterocycles. The van der Waals surface area contributed by atoms with Gasteiger partial charge in [0, 0.05) is 19.1 Å². The molecule has 1 aromatic rings. The molecule has 1 aliphatic carbocycles. The summed E-state index contributed by atoms with van der Waals surface area (Å²) < 4.78 is 10.6. The van der Waals surface area contributed by atoms with Crippen LogP contribution in [0.15, 0.2) is 18.2 Å². The molecule has 1 saturated heterocycles. The predicted octanol–water partition coefficient (Wildman–Crippen LogP) is 2.70. The van der Waals surface area contributed by atoms with Crippen molar-refractivity contribution >= 4 is 5.91 Å². The molecule has 1 unspecified atom stereocenters. The Bertz CT molecular complexity index is 572. The first-order valence-electron chi connectivity index (χ1n) is 8.96. The van der Waals surface area contributed by atoms with Gasteiger partial charge in [-0.3, -0.25) is 4.79 Å². The zero-order valence-corrected chi connectivity index (χ0v) is 14.7. The maximum Gasteiger partial charge on any atom is 0.255 e. The van der Waals surface area contributed by atoms with Gasteiger partial charge >= 0.3 is 0 Å². The number of likely N-dealkylation sites (tertiary alicyclic amines) is 1. The molecule has 0 spiro atoms. The van der Waals surface area contributed by atoms with Crippen LogP contribution in [-0.2, 0) is 0 Å². The SMILES string of the molecule is COc1cccc(C(=O)NCC2CCCN(C3CCC3)C2)c1OC. The number of ether oxygens (including phenoxy) is 2. The first kappa shape index (κ1) is 17.1. The van der Waals surface area contributed by atoms with Gasteiger partial charge in [0.1, 0.15) is 0 Å². The molecule has 1 aromatic carbocycles. The van der Waals surface area contributed by atoms with Gasteiger partial charge in [-0.25, -0.2) is 0 Å². The molecular formula is C19H28N2O3. The third-order valence-corrected chi connectivity index (χ3v) is 5.34. The van der Waals surface area contributed by atoms with Gasteiger partial charge in [-0.15, -0.1) is 0 Å². The Morgan fingerprint density at radius 1 is 1.21 bits per heavy atom. The van der Waals surface area contributed by atoms with Crippen molar-refractivity contribution in [1.29, 1.82) is 0 Å². The summed E-state index contributed by atoms with van der Waals surface area (Å²) in [4.78, 5) is 15.2. The van der Waals surface area contributed by atoms with Gasteiger partial charge in [-0.05, 0) is 50.3 Å². The minimum atomic E-state index is -0.0912. The monoisotopic (exact) mass is 332 g/mol. The molecule has 132 valence electrons. The number of carbonyl (C=O) groups excluding carboxylic acids is 1. The van der Waals surface area contributed by atoms with Crippen LogP contribution in [0.1, 0.15) is 42.5 Å². The van der Waals surface area contributed by atoms with E-state index in [9.17, 15) is 4.79 Å². The van der Waals surface area contributed by atoms with Crippen LogP contribution in [0, 0.1) is 5.92 Å². The fraction of sp³-hybridized carbons (Fsp3) is 0.632. The first-order valence-corrected chi connectivity index (χ1v) is 8.96. The van der Waals surface area contributed by atoms with E-state index in [1.165, 1.54) is 38.6 Å². The number of carbonyl (C=O) groups is 1. The first-order chi connectivity index (χ1) is 11.7. The number of nitrogens with zero attached hydrogens (tertiary/aromatic N) is 1. The van der Waals surface area contributed by atoms with Gasteiger partial charge in [-0.1, -0.05) is 12.5 Å². The molecule has 1 N–H and O–H groups in total. The van der Waals surface area contributed by atoms with Gasteiger partial charge in [0.15, 0.2) is 11.5 Å². The average Bonchev–Trinajstić information content (AvgIpc) is 2.57.